The minimum absolute atomic E-state index is 0. The van der Waals surface area contributed by atoms with E-state index in [1.807, 2.05) is 6.92 Å². The van der Waals surface area contributed by atoms with Gasteiger partial charge < -0.3 is 5.11 Å². The van der Waals surface area contributed by atoms with E-state index in [-0.39, 0.29) is 29.6 Å². The molecule has 0 bridgehead atoms. The summed E-state index contributed by atoms with van der Waals surface area (Å²) >= 11 is 0. The molecule has 1 rings (SSSR count). The Kier molecular flexibility index (Phi) is 6.55. The number of carboxylic acid groups (broad SMARTS) is 1. The predicted octanol–water partition coefficient (Wildman–Crippen LogP) is 0.174. The molecule has 1 aliphatic heterocycles. The van der Waals surface area contributed by atoms with Crippen molar-refractivity contribution in [2.24, 2.45) is 0 Å². The van der Waals surface area contributed by atoms with Crippen molar-refractivity contribution >= 4 is 47.3 Å². The van der Waals surface area contributed by atoms with Crippen molar-refractivity contribution in [3.8, 4) is 0 Å². The first-order chi connectivity index (χ1) is 7.07. The summed E-state index contributed by atoms with van der Waals surface area (Å²) in [6.45, 7) is 1.92. The number of unbranched alkanes of at least 4 members (excludes halogenated alkanes) is 1. The van der Waals surface area contributed by atoms with E-state index in [2.05, 4.69) is 0 Å². The molecule has 0 aromatic carbocycles. The molecule has 0 aromatic heterocycles. The van der Waals surface area contributed by atoms with Gasteiger partial charge in [-0.2, -0.15) is 0 Å². The standard InChI is InChI=1S/C10H13NO4.Na/c1-2-3-4-7(10(14)15)11-8(12)5-6-9(11)13;/h5-7H,2-4H2,1H3,(H,14,15);. The molecule has 0 fully saturated rings. The molecule has 1 atom stereocenters. The first-order valence-electron chi connectivity index (χ1n) is 4.86. The monoisotopic (exact) mass is 234 g/mol. The summed E-state index contributed by atoms with van der Waals surface area (Å²) in [7, 11) is 0. The summed E-state index contributed by atoms with van der Waals surface area (Å²) in [5.74, 6) is -2.21. The van der Waals surface area contributed by atoms with Crippen molar-refractivity contribution in [2.75, 3.05) is 0 Å². The second-order valence-electron chi connectivity index (χ2n) is 3.38. The number of carbonyl (C=O) groups excluding carboxylic acids is 2. The molecule has 1 N–H and O–H groups in total. The average molecular weight is 234 g/mol. The first-order valence-corrected chi connectivity index (χ1v) is 4.86. The quantitative estimate of drug-likeness (QED) is 0.543. The smallest absolute Gasteiger partial charge is 0.326 e. The normalized spacial score (nSPS) is 16.2. The molecule has 1 aliphatic rings. The summed E-state index contributed by atoms with van der Waals surface area (Å²) < 4.78 is 0. The van der Waals surface area contributed by atoms with Gasteiger partial charge in [-0.25, -0.2) is 4.79 Å². The zero-order chi connectivity index (χ0) is 11.4. The number of carbonyl (C=O) groups is 3. The fourth-order valence-corrected chi connectivity index (χ4v) is 1.48. The van der Waals surface area contributed by atoms with Gasteiger partial charge in [0.25, 0.3) is 11.8 Å². The van der Waals surface area contributed by atoms with E-state index in [1.165, 1.54) is 0 Å². The fourth-order valence-electron chi connectivity index (χ4n) is 1.48. The molecular formula is C10H13NNaO4. The van der Waals surface area contributed by atoms with Crippen LogP contribution in [0.15, 0.2) is 12.2 Å². The van der Waals surface area contributed by atoms with E-state index in [4.69, 9.17) is 5.11 Å². The van der Waals surface area contributed by atoms with Gasteiger partial charge in [0.15, 0.2) is 0 Å². The maximum atomic E-state index is 11.2. The van der Waals surface area contributed by atoms with Crippen LogP contribution in [-0.4, -0.2) is 63.4 Å². The molecule has 0 saturated heterocycles. The third-order valence-corrected chi connectivity index (χ3v) is 2.27. The number of nitrogens with zero attached hydrogens (tertiary/aromatic N) is 1. The Morgan fingerprint density at radius 2 is 1.88 bits per heavy atom. The molecule has 83 valence electrons. The van der Waals surface area contributed by atoms with Crippen LogP contribution in [0.2, 0.25) is 0 Å². The van der Waals surface area contributed by atoms with E-state index >= 15 is 0 Å². The summed E-state index contributed by atoms with van der Waals surface area (Å²) in [5, 5.41) is 8.92. The third-order valence-electron chi connectivity index (χ3n) is 2.27. The Hall–Kier alpha value is -0.650. The molecule has 1 unspecified atom stereocenters. The van der Waals surface area contributed by atoms with Crippen molar-refractivity contribution in [1.82, 2.24) is 4.90 Å². The molecule has 16 heavy (non-hydrogen) atoms. The van der Waals surface area contributed by atoms with Gasteiger partial charge in [0, 0.05) is 41.7 Å². The topological polar surface area (TPSA) is 74.7 Å². The molecule has 0 aromatic rings. The molecule has 0 spiro atoms. The van der Waals surface area contributed by atoms with Crippen molar-refractivity contribution in [3.05, 3.63) is 12.2 Å². The van der Waals surface area contributed by atoms with Crippen molar-refractivity contribution in [3.63, 3.8) is 0 Å². The van der Waals surface area contributed by atoms with Gasteiger partial charge in [-0.15, -0.1) is 0 Å². The molecule has 6 heteroatoms. The van der Waals surface area contributed by atoms with Crippen LogP contribution in [-0.2, 0) is 14.4 Å². The number of carboxylic acids is 1. The van der Waals surface area contributed by atoms with Crippen molar-refractivity contribution < 1.29 is 19.5 Å². The fraction of sp³-hybridized carbons (Fsp3) is 0.500. The number of rotatable bonds is 5. The molecule has 2 amide bonds. The molecule has 5 nitrogen and oxygen atoms in total. The Morgan fingerprint density at radius 1 is 1.38 bits per heavy atom. The van der Waals surface area contributed by atoms with Gasteiger partial charge in [-0.05, 0) is 6.42 Å². The maximum absolute atomic E-state index is 11.2. The summed E-state index contributed by atoms with van der Waals surface area (Å²) in [5.41, 5.74) is 0. The summed E-state index contributed by atoms with van der Waals surface area (Å²) in [6.07, 6.45) is 4.01. The number of aliphatic carboxylic acids is 1. The second kappa shape index (κ2) is 6.83. The van der Waals surface area contributed by atoms with Crippen molar-refractivity contribution in [2.45, 2.75) is 32.2 Å². The van der Waals surface area contributed by atoms with E-state index in [0.717, 1.165) is 23.5 Å². The van der Waals surface area contributed by atoms with Crippen LogP contribution in [0.3, 0.4) is 0 Å². The van der Waals surface area contributed by atoms with Crippen LogP contribution in [0.1, 0.15) is 26.2 Å². The van der Waals surface area contributed by atoms with Crippen LogP contribution in [0.5, 0.6) is 0 Å². The predicted molar refractivity (Wildman–Crippen MR) is 57.7 cm³/mol. The van der Waals surface area contributed by atoms with Crippen LogP contribution in [0.4, 0.5) is 0 Å². The summed E-state index contributed by atoms with van der Waals surface area (Å²) in [4.78, 5) is 34.2. The third kappa shape index (κ3) is 3.43. The second-order valence-corrected chi connectivity index (χ2v) is 3.38. The van der Waals surface area contributed by atoms with Crippen LogP contribution < -0.4 is 0 Å². The number of amides is 2. The van der Waals surface area contributed by atoms with E-state index < -0.39 is 23.8 Å². The van der Waals surface area contributed by atoms with E-state index in [9.17, 15) is 14.4 Å². The first kappa shape index (κ1) is 15.3. The molecule has 1 radical (unpaired) electrons. The average Bonchev–Trinajstić information content (AvgIpc) is 2.49. The Balaban J connectivity index is 0.00000225. The molecular weight excluding hydrogens is 221 g/mol. The Bertz CT molecular complexity index is 309. The zero-order valence-corrected chi connectivity index (χ0v) is 11.5. The van der Waals surface area contributed by atoms with Crippen LogP contribution in [0, 0.1) is 0 Å². The molecule has 1 heterocycles. The SMILES string of the molecule is CCCCC(C(=O)O)N1C(=O)C=CC1=O.[Na]. The maximum Gasteiger partial charge on any atom is 0.326 e. The van der Waals surface area contributed by atoms with E-state index in [0.29, 0.717) is 12.8 Å². The van der Waals surface area contributed by atoms with Gasteiger partial charge in [0.1, 0.15) is 6.04 Å². The minimum Gasteiger partial charge on any atom is -0.480 e. The molecule has 0 aliphatic carbocycles. The Labute approximate surface area is 116 Å². The van der Waals surface area contributed by atoms with Crippen LogP contribution in [0.25, 0.3) is 0 Å². The van der Waals surface area contributed by atoms with Gasteiger partial charge in [-0.3, -0.25) is 14.5 Å². The Morgan fingerprint density at radius 3 is 2.25 bits per heavy atom. The number of hydrogen-bond acceptors (Lipinski definition) is 3. The van der Waals surface area contributed by atoms with Crippen LogP contribution >= 0.6 is 0 Å². The van der Waals surface area contributed by atoms with Gasteiger partial charge in [0.2, 0.25) is 0 Å². The van der Waals surface area contributed by atoms with Gasteiger partial charge in [-0.1, -0.05) is 19.8 Å². The summed E-state index contributed by atoms with van der Waals surface area (Å²) in [6, 6.07) is -1.03. The van der Waals surface area contributed by atoms with Gasteiger partial charge in [0.05, 0.1) is 0 Å². The largest absolute Gasteiger partial charge is 0.480 e. The number of imide groups is 1. The zero-order valence-electron chi connectivity index (χ0n) is 9.47. The van der Waals surface area contributed by atoms with Crippen molar-refractivity contribution in [1.29, 1.82) is 0 Å². The number of hydrogen-bond donors (Lipinski definition) is 1. The van der Waals surface area contributed by atoms with E-state index in [1.54, 1.807) is 0 Å². The minimum atomic E-state index is -1.13. The molecule has 0 saturated carbocycles. The van der Waals surface area contributed by atoms with Gasteiger partial charge >= 0.3 is 5.97 Å².